The van der Waals surface area contributed by atoms with Crippen LogP contribution in [0.1, 0.15) is 5.56 Å². The fraction of sp³-hybridized carbons (Fsp3) is 0.0588. The van der Waals surface area contributed by atoms with Gasteiger partial charge >= 0.3 is 0 Å². The van der Waals surface area contributed by atoms with Crippen molar-refractivity contribution in [1.29, 1.82) is 0 Å². The maximum absolute atomic E-state index is 11.9. The Morgan fingerprint density at radius 2 is 1.71 bits per heavy atom. The van der Waals surface area contributed by atoms with Gasteiger partial charge in [0.25, 0.3) is 0 Å². The minimum absolute atomic E-state index is 0.0153. The molecule has 0 unspecified atom stereocenters. The molecular weight excluding hydrogens is 280 g/mol. The van der Waals surface area contributed by atoms with Crippen LogP contribution >= 0.6 is 11.3 Å². The Labute approximate surface area is 126 Å². The highest BCUT2D eigenvalue weighted by Gasteiger charge is 2.05. The van der Waals surface area contributed by atoms with Crippen LogP contribution in [-0.2, 0) is 0 Å². The van der Waals surface area contributed by atoms with Crippen molar-refractivity contribution >= 4 is 22.8 Å². The van der Waals surface area contributed by atoms with Gasteiger partial charge in [0.2, 0.25) is 4.74 Å². The maximum Gasteiger partial charge on any atom is 0.238 e. The van der Waals surface area contributed by atoms with E-state index in [0.29, 0.717) is 5.82 Å². The number of hydrogen-bond acceptors (Lipinski definition) is 4. The van der Waals surface area contributed by atoms with Gasteiger partial charge < -0.3 is 5.32 Å². The van der Waals surface area contributed by atoms with Gasteiger partial charge in [-0.2, -0.15) is 0 Å². The molecule has 0 saturated carbocycles. The summed E-state index contributed by atoms with van der Waals surface area (Å²) in [6.45, 7) is 2.04. The van der Waals surface area contributed by atoms with Crippen molar-refractivity contribution < 1.29 is 0 Å². The first-order valence-electron chi connectivity index (χ1n) is 6.62. The zero-order valence-corrected chi connectivity index (χ0v) is 12.4. The Morgan fingerprint density at radius 1 is 1.00 bits per heavy atom. The molecule has 21 heavy (non-hydrogen) atoms. The molecule has 2 aromatic carbocycles. The molecule has 1 aromatic heterocycles. The summed E-state index contributed by atoms with van der Waals surface area (Å²) < 4.78 is -0.0153. The summed E-state index contributed by atoms with van der Waals surface area (Å²) in [6.07, 6.45) is 0. The number of aromatic nitrogens is 1. The Morgan fingerprint density at radius 3 is 2.43 bits per heavy atom. The molecular formula is C17H14N2OS. The number of nitrogens with zero attached hydrogens (tertiary/aromatic N) is 1. The summed E-state index contributed by atoms with van der Waals surface area (Å²) in [5.41, 5.74) is 3.06. The van der Waals surface area contributed by atoms with E-state index in [1.165, 1.54) is 11.6 Å². The molecule has 1 heterocycles. The van der Waals surface area contributed by atoms with E-state index < -0.39 is 0 Å². The van der Waals surface area contributed by atoms with Crippen molar-refractivity contribution in [2.75, 3.05) is 5.32 Å². The van der Waals surface area contributed by atoms with Crippen LogP contribution in [0, 0.1) is 6.92 Å². The van der Waals surface area contributed by atoms with Gasteiger partial charge in [0.15, 0.2) is 0 Å². The molecule has 3 nitrogen and oxygen atoms in total. The van der Waals surface area contributed by atoms with Gasteiger partial charge in [-0.15, -0.1) is 0 Å². The predicted molar refractivity (Wildman–Crippen MR) is 88.3 cm³/mol. The van der Waals surface area contributed by atoms with Crippen LogP contribution in [0.15, 0.2) is 65.5 Å². The molecule has 3 rings (SSSR count). The van der Waals surface area contributed by atoms with E-state index in [-0.39, 0.29) is 4.74 Å². The zero-order valence-electron chi connectivity index (χ0n) is 11.5. The molecule has 0 saturated heterocycles. The van der Waals surface area contributed by atoms with Crippen LogP contribution < -0.4 is 10.1 Å². The van der Waals surface area contributed by atoms with Gasteiger partial charge in [0.05, 0.1) is 0 Å². The molecule has 0 radical (unpaired) electrons. The average Bonchev–Trinajstić information content (AvgIpc) is 2.50. The Hall–Kier alpha value is -2.46. The minimum atomic E-state index is -0.0153. The second-order valence-electron chi connectivity index (χ2n) is 4.72. The van der Waals surface area contributed by atoms with Crippen molar-refractivity contribution in [3.05, 3.63) is 75.8 Å². The second-order valence-corrected chi connectivity index (χ2v) is 5.72. The number of aryl methyl sites for hydroxylation is 1. The number of hydrogen-bond donors (Lipinski definition) is 1. The first-order valence-corrected chi connectivity index (χ1v) is 7.44. The third-order valence-corrected chi connectivity index (χ3v) is 3.86. The van der Waals surface area contributed by atoms with E-state index in [2.05, 4.69) is 10.3 Å². The highest BCUT2D eigenvalue weighted by molar-refractivity contribution is 7.12. The molecule has 0 spiro atoms. The molecule has 0 amide bonds. The van der Waals surface area contributed by atoms with Crippen molar-refractivity contribution in [1.82, 2.24) is 4.98 Å². The summed E-state index contributed by atoms with van der Waals surface area (Å²) in [6, 6.07) is 19.2. The van der Waals surface area contributed by atoms with Gasteiger partial charge in [0.1, 0.15) is 10.8 Å². The molecule has 104 valence electrons. The molecule has 0 atom stereocenters. The number of nitrogens with one attached hydrogen (secondary N) is 1. The van der Waals surface area contributed by atoms with E-state index in [4.69, 9.17) is 0 Å². The Bertz CT molecular complexity index is 795. The van der Waals surface area contributed by atoms with Crippen LogP contribution in [0.3, 0.4) is 0 Å². The van der Waals surface area contributed by atoms with Crippen molar-refractivity contribution in [3.8, 4) is 10.6 Å². The van der Waals surface area contributed by atoms with Gasteiger partial charge in [-0.3, -0.25) is 4.79 Å². The number of anilines is 2. The molecule has 0 aliphatic rings. The van der Waals surface area contributed by atoms with E-state index in [1.54, 1.807) is 0 Å². The molecule has 0 fully saturated rings. The normalized spacial score (nSPS) is 10.3. The van der Waals surface area contributed by atoms with Gasteiger partial charge in [-0.25, -0.2) is 4.98 Å². The van der Waals surface area contributed by atoms with Gasteiger partial charge in [0, 0.05) is 17.3 Å². The van der Waals surface area contributed by atoms with E-state index in [0.717, 1.165) is 27.6 Å². The van der Waals surface area contributed by atoms with Crippen LogP contribution in [0.4, 0.5) is 11.5 Å². The van der Waals surface area contributed by atoms with Crippen LogP contribution in [0.25, 0.3) is 10.6 Å². The lowest BCUT2D eigenvalue weighted by Crippen LogP contribution is -2.01. The first kappa shape index (κ1) is 13.5. The molecule has 1 N–H and O–H groups in total. The first-order chi connectivity index (χ1) is 10.2. The van der Waals surface area contributed by atoms with Crippen molar-refractivity contribution in [3.63, 3.8) is 0 Å². The lowest BCUT2D eigenvalue weighted by Gasteiger charge is -2.07. The molecule has 0 bridgehead atoms. The van der Waals surface area contributed by atoms with Gasteiger partial charge in [-0.05, 0) is 19.1 Å². The van der Waals surface area contributed by atoms with Crippen LogP contribution in [-0.4, -0.2) is 4.98 Å². The Kier molecular flexibility index (Phi) is 3.79. The monoisotopic (exact) mass is 294 g/mol. The predicted octanol–water partition coefficient (Wildman–Crippen LogP) is 4.22. The standard InChI is InChI=1S/C17H14N2OS/c1-12-7-9-14(10-8-12)18-15-11-16(20)21-17(19-15)13-5-3-2-4-6-13/h2-11,18H,1H3. The summed E-state index contributed by atoms with van der Waals surface area (Å²) in [4.78, 5) is 16.4. The molecule has 3 aromatic rings. The average molecular weight is 294 g/mol. The highest BCUT2D eigenvalue weighted by Crippen LogP contribution is 2.22. The largest absolute Gasteiger partial charge is 0.340 e. The third kappa shape index (κ3) is 3.35. The van der Waals surface area contributed by atoms with Crippen LogP contribution in [0.5, 0.6) is 0 Å². The van der Waals surface area contributed by atoms with Crippen molar-refractivity contribution in [2.24, 2.45) is 0 Å². The van der Waals surface area contributed by atoms with Crippen molar-refractivity contribution in [2.45, 2.75) is 6.92 Å². The minimum Gasteiger partial charge on any atom is -0.340 e. The summed E-state index contributed by atoms with van der Waals surface area (Å²) in [5, 5.41) is 3.90. The van der Waals surface area contributed by atoms with E-state index in [1.807, 2.05) is 61.5 Å². The summed E-state index contributed by atoms with van der Waals surface area (Å²) in [5.74, 6) is 0.571. The highest BCUT2D eigenvalue weighted by atomic mass is 32.1. The number of rotatable bonds is 3. The van der Waals surface area contributed by atoms with Crippen LogP contribution in [0.2, 0.25) is 0 Å². The lowest BCUT2D eigenvalue weighted by atomic mass is 10.2. The van der Waals surface area contributed by atoms with E-state index >= 15 is 0 Å². The maximum atomic E-state index is 11.9. The van der Waals surface area contributed by atoms with Gasteiger partial charge in [-0.1, -0.05) is 59.4 Å². The smallest absolute Gasteiger partial charge is 0.238 e. The summed E-state index contributed by atoms with van der Waals surface area (Å²) >= 11 is 1.15. The Balaban J connectivity index is 1.95. The number of benzene rings is 2. The lowest BCUT2D eigenvalue weighted by molar-refractivity contribution is 1.34. The summed E-state index contributed by atoms with van der Waals surface area (Å²) in [7, 11) is 0. The third-order valence-electron chi connectivity index (χ3n) is 3.02. The zero-order chi connectivity index (χ0) is 14.7. The topological polar surface area (TPSA) is 42.0 Å². The molecule has 0 aliphatic carbocycles. The fourth-order valence-electron chi connectivity index (χ4n) is 1.95. The SMILES string of the molecule is Cc1ccc(Nc2cc(=O)sc(-c3ccccc3)n2)cc1. The molecule has 4 heteroatoms. The quantitative estimate of drug-likeness (QED) is 0.786. The second kappa shape index (κ2) is 5.89. The van der Waals surface area contributed by atoms with E-state index in [9.17, 15) is 4.79 Å². The fourth-order valence-corrected chi connectivity index (χ4v) is 2.71. The molecule has 0 aliphatic heterocycles.